The maximum atomic E-state index is 11.8. The molecule has 0 unspecified atom stereocenters. The van der Waals surface area contributed by atoms with Crippen LogP contribution in [0.15, 0.2) is 36.5 Å². The van der Waals surface area contributed by atoms with Gasteiger partial charge < -0.3 is 26.4 Å². The molecule has 0 aliphatic carbocycles. The molecule has 1 amide bonds. The van der Waals surface area contributed by atoms with E-state index in [2.05, 4.69) is 45.2 Å². The van der Waals surface area contributed by atoms with E-state index in [0.29, 0.717) is 23.2 Å². The first-order valence-electron chi connectivity index (χ1n) is 11.9. The topological polar surface area (TPSA) is 101 Å². The lowest BCUT2D eigenvalue weighted by Gasteiger charge is -2.24. The number of nitrogens with two attached hydrogens (primary N) is 1. The van der Waals surface area contributed by atoms with Gasteiger partial charge in [-0.05, 0) is 68.3 Å². The quantitative estimate of drug-likeness (QED) is 0.514. The van der Waals surface area contributed by atoms with Crippen molar-refractivity contribution in [1.82, 2.24) is 10.3 Å². The lowest BCUT2D eigenvalue weighted by Crippen LogP contribution is -2.31. The number of pyridine rings is 1. The molecular weight excluding hydrogens is 402 g/mol. The largest absolute Gasteiger partial charge is 0.384 e. The molecule has 2 aliphatic heterocycles. The minimum Gasteiger partial charge on any atom is -0.384 e. The molecule has 0 saturated carbocycles. The van der Waals surface area contributed by atoms with Crippen molar-refractivity contribution in [3.8, 4) is 0 Å². The number of carbonyl (C=O) groups excluding carboxylic acids is 1. The van der Waals surface area contributed by atoms with Gasteiger partial charge in [-0.3, -0.25) is 4.79 Å². The van der Waals surface area contributed by atoms with Gasteiger partial charge in [-0.15, -0.1) is 0 Å². The molecule has 3 heterocycles. The van der Waals surface area contributed by atoms with Gasteiger partial charge in [-0.1, -0.05) is 26.0 Å². The molecule has 174 valence electrons. The molecule has 2 aliphatic rings. The molecule has 4 rings (SSSR count). The second kappa shape index (κ2) is 12.4. The maximum Gasteiger partial charge on any atom is 0.252 e. The summed E-state index contributed by atoms with van der Waals surface area (Å²) in [7, 11) is 0. The van der Waals surface area contributed by atoms with Gasteiger partial charge in [-0.25, -0.2) is 4.98 Å². The Balaban J connectivity index is 0.00000141. The van der Waals surface area contributed by atoms with Crippen molar-refractivity contribution in [2.24, 2.45) is 11.7 Å². The Hall–Kier alpha value is -2.64. The zero-order chi connectivity index (χ0) is 22.8. The second-order valence-electron chi connectivity index (χ2n) is 8.19. The minimum atomic E-state index is -0.470. The molecule has 0 spiro atoms. The third kappa shape index (κ3) is 6.68. The van der Waals surface area contributed by atoms with Crippen LogP contribution < -0.4 is 21.7 Å². The van der Waals surface area contributed by atoms with Crippen LogP contribution >= 0.6 is 0 Å². The second-order valence-corrected chi connectivity index (χ2v) is 8.19. The first-order chi connectivity index (χ1) is 15.7. The van der Waals surface area contributed by atoms with Crippen molar-refractivity contribution in [2.45, 2.75) is 45.4 Å². The maximum absolute atomic E-state index is 11.8. The number of hydrogen-bond donors (Lipinski definition) is 4. The van der Waals surface area contributed by atoms with E-state index in [4.69, 9.17) is 10.5 Å². The number of nitrogens with one attached hydrogen (secondary N) is 3. The summed E-state index contributed by atoms with van der Waals surface area (Å²) < 4.78 is 5.46. The highest BCUT2D eigenvalue weighted by atomic mass is 16.5. The number of primary amides is 1. The monoisotopic (exact) mass is 439 g/mol. The van der Waals surface area contributed by atoms with Gasteiger partial charge in [-0.2, -0.15) is 0 Å². The van der Waals surface area contributed by atoms with Gasteiger partial charge >= 0.3 is 0 Å². The molecule has 32 heavy (non-hydrogen) atoms. The number of benzene rings is 1. The van der Waals surface area contributed by atoms with Crippen LogP contribution in [-0.2, 0) is 4.74 Å². The molecular formula is C25H37N5O2. The molecule has 1 aromatic heterocycles. The van der Waals surface area contributed by atoms with Crippen LogP contribution in [0.3, 0.4) is 0 Å². The van der Waals surface area contributed by atoms with Crippen molar-refractivity contribution < 1.29 is 9.53 Å². The Bertz CT molecular complexity index is 844. The summed E-state index contributed by atoms with van der Waals surface area (Å²) in [6.45, 7) is 8.59. The van der Waals surface area contributed by atoms with Gasteiger partial charge in [0.25, 0.3) is 5.91 Å². The highest BCUT2D eigenvalue weighted by molar-refractivity contribution is 5.98. The van der Waals surface area contributed by atoms with Crippen LogP contribution in [0.5, 0.6) is 0 Å². The predicted molar refractivity (Wildman–Crippen MR) is 131 cm³/mol. The summed E-state index contributed by atoms with van der Waals surface area (Å²) in [5.41, 5.74) is 9.03. The zero-order valence-electron chi connectivity index (χ0n) is 19.3. The number of hydrogen-bond acceptors (Lipinski definition) is 6. The first-order valence-corrected chi connectivity index (χ1v) is 11.9. The molecule has 2 fully saturated rings. The molecule has 5 N–H and O–H groups in total. The fraction of sp³-hybridized carbons (Fsp3) is 0.520. The summed E-state index contributed by atoms with van der Waals surface area (Å²) in [6.07, 6.45) is 5.97. The van der Waals surface area contributed by atoms with E-state index in [1.165, 1.54) is 5.56 Å². The average Bonchev–Trinajstić information content (AvgIpc) is 2.85. The SMILES string of the molecule is CC.NC(=O)c1cnc(Nc2ccc(C3CCOCC3)cc2)cc1NCC1CCNCC1. The number of ether oxygens (including phenoxy) is 1. The van der Waals surface area contributed by atoms with Crippen molar-refractivity contribution >= 4 is 23.1 Å². The number of nitrogens with zero attached hydrogens (tertiary/aromatic N) is 1. The lowest BCUT2D eigenvalue weighted by molar-refractivity contribution is 0.0853. The van der Waals surface area contributed by atoms with E-state index < -0.39 is 5.91 Å². The fourth-order valence-corrected chi connectivity index (χ4v) is 4.22. The van der Waals surface area contributed by atoms with Crippen LogP contribution in [0.25, 0.3) is 0 Å². The van der Waals surface area contributed by atoms with Gasteiger partial charge in [0.1, 0.15) is 5.82 Å². The summed E-state index contributed by atoms with van der Waals surface area (Å²) in [5.74, 6) is 1.38. The minimum absolute atomic E-state index is 0.421. The molecule has 0 atom stereocenters. The number of amides is 1. The van der Waals surface area contributed by atoms with Crippen LogP contribution in [0.4, 0.5) is 17.2 Å². The lowest BCUT2D eigenvalue weighted by atomic mass is 9.92. The highest BCUT2D eigenvalue weighted by Gasteiger charge is 2.17. The molecule has 7 nitrogen and oxygen atoms in total. The third-order valence-electron chi connectivity index (χ3n) is 6.09. The van der Waals surface area contributed by atoms with Gasteiger partial charge in [0.05, 0.1) is 11.3 Å². The molecule has 0 radical (unpaired) electrons. The number of piperidine rings is 1. The van der Waals surface area contributed by atoms with Crippen molar-refractivity contribution in [3.05, 3.63) is 47.7 Å². The number of aromatic nitrogens is 1. The molecule has 2 aromatic rings. The van der Waals surface area contributed by atoms with Crippen molar-refractivity contribution in [2.75, 3.05) is 43.5 Å². The number of carbonyl (C=O) groups is 1. The Morgan fingerprint density at radius 1 is 1.12 bits per heavy atom. The summed E-state index contributed by atoms with van der Waals surface area (Å²) in [5, 5.41) is 10.1. The Kier molecular flexibility index (Phi) is 9.31. The summed E-state index contributed by atoms with van der Waals surface area (Å²) in [4.78, 5) is 16.2. The van der Waals surface area contributed by atoms with Gasteiger partial charge in [0.2, 0.25) is 0 Å². The van der Waals surface area contributed by atoms with E-state index in [0.717, 1.165) is 69.9 Å². The predicted octanol–water partition coefficient (Wildman–Crippen LogP) is 4.26. The van der Waals surface area contributed by atoms with Crippen molar-refractivity contribution in [1.29, 1.82) is 0 Å². The Morgan fingerprint density at radius 3 is 2.47 bits per heavy atom. The van der Waals surface area contributed by atoms with Crippen molar-refractivity contribution in [3.63, 3.8) is 0 Å². The average molecular weight is 440 g/mol. The van der Waals surface area contributed by atoms with E-state index >= 15 is 0 Å². The fourth-order valence-electron chi connectivity index (χ4n) is 4.22. The molecule has 7 heteroatoms. The molecule has 2 saturated heterocycles. The number of rotatable bonds is 7. The Morgan fingerprint density at radius 2 is 1.81 bits per heavy atom. The van der Waals surface area contributed by atoms with Crippen LogP contribution in [-0.4, -0.2) is 43.7 Å². The summed E-state index contributed by atoms with van der Waals surface area (Å²) >= 11 is 0. The smallest absolute Gasteiger partial charge is 0.252 e. The van der Waals surface area contributed by atoms with Crippen LogP contribution in [0.1, 0.15) is 61.4 Å². The van der Waals surface area contributed by atoms with Crippen LogP contribution in [0, 0.1) is 5.92 Å². The normalized spacial score (nSPS) is 17.2. The van der Waals surface area contributed by atoms with Gasteiger partial charge in [0.15, 0.2) is 0 Å². The van der Waals surface area contributed by atoms with E-state index in [1.807, 2.05) is 19.9 Å². The van der Waals surface area contributed by atoms with E-state index in [-0.39, 0.29) is 0 Å². The summed E-state index contributed by atoms with van der Waals surface area (Å²) in [6, 6.07) is 10.4. The zero-order valence-corrected chi connectivity index (χ0v) is 19.3. The number of anilines is 3. The van der Waals surface area contributed by atoms with E-state index in [9.17, 15) is 4.79 Å². The third-order valence-corrected chi connectivity index (χ3v) is 6.09. The highest BCUT2D eigenvalue weighted by Crippen LogP contribution is 2.29. The van der Waals surface area contributed by atoms with Crippen LogP contribution in [0.2, 0.25) is 0 Å². The standard InChI is InChI=1S/C23H31N5O2.C2H6/c24-23(29)20-15-27-22(13-21(20)26-14-16-5-9-25-10-6-16)28-19-3-1-17(2-4-19)18-7-11-30-12-8-18;1-2/h1-4,13,15-16,18,25H,5-12,14H2,(H2,24,29)(H2,26,27,28);1-2H3. The first kappa shape index (κ1) is 24.0. The Labute approximate surface area is 191 Å². The van der Waals surface area contributed by atoms with E-state index in [1.54, 1.807) is 6.20 Å². The van der Waals surface area contributed by atoms with Gasteiger partial charge in [0, 0.05) is 37.7 Å². The molecule has 0 bridgehead atoms. The molecule has 1 aromatic carbocycles.